The molecule has 0 radical (unpaired) electrons. The summed E-state index contributed by atoms with van der Waals surface area (Å²) in [6.07, 6.45) is 2.45. The highest BCUT2D eigenvalue weighted by atomic mass is 14.9. The lowest BCUT2D eigenvalue weighted by atomic mass is 9.94. The van der Waals surface area contributed by atoms with Crippen LogP contribution in [0.25, 0.3) is 0 Å². The Morgan fingerprint density at radius 3 is 2.45 bits per heavy atom. The average molecular weight is 266 g/mol. The fourth-order valence-corrected chi connectivity index (χ4v) is 2.87. The molecule has 3 rings (SSSR count). The van der Waals surface area contributed by atoms with Gasteiger partial charge in [-0.25, -0.2) is 0 Å². The van der Waals surface area contributed by atoms with Crippen LogP contribution in [-0.2, 0) is 6.54 Å². The third-order valence-electron chi connectivity index (χ3n) is 3.94. The van der Waals surface area contributed by atoms with Crippen LogP contribution in [-0.4, -0.2) is 13.1 Å². The molecule has 0 aromatic heterocycles. The molecule has 1 aliphatic rings. The first-order valence-electron chi connectivity index (χ1n) is 7.52. The first kappa shape index (κ1) is 13.3. The van der Waals surface area contributed by atoms with Gasteiger partial charge in [-0.15, -0.1) is 0 Å². The minimum Gasteiger partial charge on any atom is -0.313 e. The Morgan fingerprint density at radius 1 is 0.800 bits per heavy atom. The smallest absolute Gasteiger partial charge is 0.0579 e. The third-order valence-corrected chi connectivity index (χ3v) is 3.94. The van der Waals surface area contributed by atoms with E-state index in [0.29, 0.717) is 6.04 Å². The Balaban J connectivity index is 1.98. The molecular formula is C18H22N2. The monoisotopic (exact) mass is 266 g/mol. The van der Waals surface area contributed by atoms with E-state index in [1.165, 1.54) is 29.5 Å². The van der Waals surface area contributed by atoms with E-state index in [-0.39, 0.29) is 0 Å². The number of nitrogens with one attached hydrogen (secondary N) is 2. The van der Waals surface area contributed by atoms with Crippen LogP contribution in [0.1, 0.15) is 35.6 Å². The van der Waals surface area contributed by atoms with Crippen LogP contribution >= 0.6 is 0 Å². The van der Waals surface area contributed by atoms with Gasteiger partial charge in [-0.1, -0.05) is 54.6 Å². The quantitative estimate of drug-likeness (QED) is 0.828. The largest absolute Gasteiger partial charge is 0.313 e. The Labute approximate surface area is 121 Å². The zero-order chi connectivity index (χ0) is 13.6. The summed E-state index contributed by atoms with van der Waals surface area (Å²) in [6.45, 7) is 3.13. The molecule has 0 amide bonds. The number of rotatable bonds is 1. The van der Waals surface area contributed by atoms with Crippen molar-refractivity contribution in [1.82, 2.24) is 10.6 Å². The van der Waals surface area contributed by atoms with Gasteiger partial charge in [0.15, 0.2) is 0 Å². The summed E-state index contributed by atoms with van der Waals surface area (Å²) in [4.78, 5) is 0. The number of benzene rings is 2. The van der Waals surface area contributed by atoms with E-state index < -0.39 is 0 Å². The van der Waals surface area contributed by atoms with E-state index in [1.807, 2.05) is 0 Å². The predicted octanol–water partition coefficient (Wildman–Crippen LogP) is 3.25. The van der Waals surface area contributed by atoms with Crippen LogP contribution in [0.2, 0.25) is 0 Å². The Morgan fingerprint density at radius 2 is 1.55 bits per heavy atom. The standard InChI is InChI=1S/C18H22N2/c1-2-8-15(9-3-1)18-17-11-5-4-10-16(17)14-19-12-6-7-13-20-18/h1-5,8-11,18-20H,6-7,12-14H2. The Kier molecular flexibility index (Phi) is 4.46. The molecule has 1 heterocycles. The summed E-state index contributed by atoms with van der Waals surface area (Å²) in [7, 11) is 0. The van der Waals surface area contributed by atoms with Crippen LogP contribution < -0.4 is 10.6 Å². The SMILES string of the molecule is c1ccc(C2NCCCCNCc3ccccc32)cc1. The summed E-state index contributed by atoms with van der Waals surface area (Å²) in [6, 6.07) is 19.8. The van der Waals surface area contributed by atoms with Crippen molar-refractivity contribution in [3.8, 4) is 0 Å². The fourth-order valence-electron chi connectivity index (χ4n) is 2.87. The molecule has 0 saturated heterocycles. The van der Waals surface area contributed by atoms with Gasteiger partial charge in [0.05, 0.1) is 6.04 Å². The third kappa shape index (κ3) is 3.09. The molecule has 2 N–H and O–H groups in total. The van der Waals surface area contributed by atoms with Gasteiger partial charge < -0.3 is 10.6 Å². The Hall–Kier alpha value is -1.64. The second-order valence-electron chi connectivity index (χ2n) is 5.38. The average Bonchev–Trinajstić information content (AvgIpc) is 2.52. The van der Waals surface area contributed by atoms with E-state index in [4.69, 9.17) is 0 Å². The van der Waals surface area contributed by atoms with Gasteiger partial charge in [0.2, 0.25) is 0 Å². The highest BCUT2D eigenvalue weighted by Crippen LogP contribution is 2.25. The molecule has 2 nitrogen and oxygen atoms in total. The summed E-state index contributed by atoms with van der Waals surface area (Å²) in [5.41, 5.74) is 4.14. The van der Waals surface area contributed by atoms with Crippen LogP contribution in [0.5, 0.6) is 0 Å². The summed E-state index contributed by atoms with van der Waals surface area (Å²) >= 11 is 0. The minimum absolute atomic E-state index is 0.298. The van der Waals surface area contributed by atoms with E-state index in [2.05, 4.69) is 65.2 Å². The highest BCUT2D eigenvalue weighted by molar-refractivity contribution is 5.37. The molecule has 0 spiro atoms. The highest BCUT2D eigenvalue weighted by Gasteiger charge is 2.16. The van der Waals surface area contributed by atoms with Crippen LogP contribution in [0.4, 0.5) is 0 Å². The predicted molar refractivity (Wildman–Crippen MR) is 83.7 cm³/mol. The van der Waals surface area contributed by atoms with E-state index >= 15 is 0 Å². The topological polar surface area (TPSA) is 24.1 Å². The van der Waals surface area contributed by atoms with Gasteiger partial charge in [0.1, 0.15) is 0 Å². The van der Waals surface area contributed by atoms with Gasteiger partial charge in [-0.3, -0.25) is 0 Å². The number of fused-ring (bicyclic) bond motifs is 1. The number of hydrogen-bond acceptors (Lipinski definition) is 2. The maximum absolute atomic E-state index is 3.73. The van der Waals surface area contributed by atoms with Crippen LogP contribution in [0, 0.1) is 0 Å². The van der Waals surface area contributed by atoms with Crippen molar-refractivity contribution in [1.29, 1.82) is 0 Å². The molecule has 1 atom stereocenters. The number of hydrogen-bond donors (Lipinski definition) is 2. The maximum atomic E-state index is 3.73. The molecule has 0 saturated carbocycles. The normalized spacial score (nSPS) is 20.1. The van der Waals surface area contributed by atoms with Crippen molar-refractivity contribution < 1.29 is 0 Å². The summed E-state index contributed by atoms with van der Waals surface area (Å²) < 4.78 is 0. The summed E-state index contributed by atoms with van der Waals surface area (Å²) in [5, 5.41) is 7.29. The van der Waals surface area contributed by atoms with Crippen molar-refractivity contribution in [2.45, 2.75) is 25.4 Å². The first-order chi connectivity index (χ1) is 9.95. The van der Waals surface area contributed by atoms with Gasteiger partial charge in [0.25, 0.3) is 0 Å². The van der Waals surface area contributed by atoms with Crippen molar-refractivity contribution in [3.63, 3.8) is 0 Å². The lowest BCUT2D eigenvalue weighted by molar-refractivity contribution is 0.530. The molecule has 2 aromatic carbocycles. The second-order valence-corrected chi connectivity index (χ2v) is 5.38. The van der Waals surface area contributed by atoms with Crippen molar-refractivity contribution in [3.05, 3.63) is 71.3 Å². The molecule has 0 aliphatic carbocycles. The molecule has 1 unspecified atom stereocenters. The van der Waals surface area contributed by atoms with Gasteiger partial charge in [-0.2, -0.15) is 0 Å². The van der Waals surface area contributed by atoms with Crippen molar-refractivity contribution >= 4 is 0 Å². The van der Waals surface area contributed by atoms with Crippen molar-refractivity contribution in [2.75, 3.05) is 13.1 Å². The molecular weight excluding hydrogens is 244 g/mol. The molecule has 0 fully saturated rings. The van der Waals surface area contributed by atoms with E-state index in [0.717, 1.165) is 19.6 Å². The summed E-state index contributed by atoms with van der Waals surface area (Å²) in [5.74, 6) is 0. The van der Waals surface area contributed by atoms with E-state index in [9.17, 15) is 0 Å². The Bertz CT molecular complexity index is 536. The molecule has 104 valence electrons. The lowest BCUT2D eigenvalue weighted by Crippen LogP contribution is -2.28. The van der Waals surface area contributed by atoms with Crippen molar-refractivity contribution in [2.24, 2.45) is 0 Å². The molecule has 2 aromatic rings. The van der Waals surface area contributed by atoms with E-state index in [1.54, 1.807) is 0 Å². The van der Waals surface area contributed by atoms with Gasteiger partial charge in [-0.05, 0) is 42.6 Å². The molecule has 20 heavy (non-hydrogen) atoms. The second kappa shape index (κ2) is 6.69. The van der Waals surface area contributed by atoms with Gasteiger partial charge >= 0.3 is 0 Å². The molecule has 2 heteroatoms. The zero-order valence-electron chi connectivity index (χ0n) is 11.8. The van der Waals surface area contributed by atoms with Crippen LogP contribution in [0.15, 0.2) is 54.6 Å². The lowest BCUT2D eigenvalue weighted by Gasteiger charge is -2.24. The zero-order valence-corrected chi connectivity index (χ0v) is 11.8. The minimum atomic E-state index is 0.298. The van der Waals surface area contributed by atoms with Gasteiger partial charge in [0, 0.05) is 6.54 Å². The maximum Gasteiger partial charge on any atom is 0.0579 e. The van der Waals surface area contributed by atoms with Crippen LogP contribution in [0.3, 0.4) is 0 Å². The molecule has 1 aliphatic heterocycles. The fraction of sp³-hybridized carbons (Fsp3) is 0.333. The molecule has 0 bridgehead atoms. The first-order valence-corrected chi connectivity index (χ1v) is 7.52.